The summed E-state index contributed by atoms with van der Waals surface area (Å²) in [6.45, 7) is 4.15. The number of piperidine rings is 1. The standard InChI is InChI=1S/C15H20N2OS/c1-15(6-8-16-9-7-15)17-14(18)13-10-11-4-2-3-5-12(11)19-13/h2-5,13,16H,6-10H2,1H3,(H,17,18). The van der Waals surface area contributed by atoms with Crippen LogP contribution in [0.4, 0.5) is 0 Å². The summed E-state index contributed by atoms with van der Waals surface area (Å²) >= 11 is 1.70. The van der Waals surface area contributed by atoms with Gasteiger partial charge in [-0.2, -0.15) is 0 Å². The minimum absolute atomic E-state index is 0.0301. The average molecular weight is 276 g/mol. The Morgan fingerprint density at radius 2 is 2.11 bits per heavy atom. The molecule has 2 aliphatic rings. The summed E-state index contributed by atoms with van der Waals surface area (Å²) in [5.74, 6) is 0.200. The highest BCUT2D eigenvalue weighted by Crippen LogP contribution is 2.37. The lowest BCUT2D eigenvalue weighted by Gasteiger charge is -2.35. The molecule has 1 unspecified atom stereocenters. The predicted molar refractivity (Wildman–Crippen MR) is 78.4 cm³/mol. The molecule has 1 fully saturated rings. The van der Waals surface area contributed by atoms with E-state index in [9.17, 15) is 4.79 Å². The Kier molecular flexibility index (Phi) is 3.54. The Morgan fingerprint density at radius 1 is 1.37 bits per heavy atom. The van der Waals surface area contributed by atoms with Gasteiger partial charge in [0.1, 0.15) is 0 Å². The fraction of sp³-hybridized carbons (Fsp3) is 0.533. The lowest BCUT2D eigenvalue weighted by Crippen LogP contribution is -2.54. The number of hydrogen-bond acceptors (Lipinski definition) is 3. The number of fused-ring (bicyclic) bond motifs is 1. The SMILES string of the molecule is CC1(NC(=O)C2Cc3ccccc3S2)CCNCC1. The number of rotatable bonds is 2. The van der Waals surface area contributed by atoms with Crippen LogP contribution in [0.25, 0.3) is 0 Å². The zero-order valence-corrected chi connectivity index (χ0v) is 12.1. The quantitative estimate of drug-likeness (QED) is 0.867. The molecule has 0 bridgehead atoms. The highest BCUT2D eigenvalue weighted by atomic mass is 32.2. The number of amides is 1. The van der Waals surface area contributed by atoms with Crippen molar-refractivity contribution in [2.24, 2.45) is 0 Å². The third-order valence-corrected chi connectivity index (χ3v) is 5.39. The molecule has 2 N–H and O–H groups in total. The van der Waals surface area contributed by atoms with Crippen molar-refractivity contribution < 1.29 is 4.79 Å². The van der Waals surface area contributed by atoms with Crippen molar-refractivity contribution in [3.63, 3.8) is 0 Å². The van der Waals surface area contributed by atoms with Gasteiger partial charge in [0, 0.05) is 10.4 Å². The van der Waals surface area contributed by atoms with E-state index in [1.165, 1.54) is 10.5 Å². The van der Waals surface area contributed by atoms with E-state index in [4.69, 9.17) is 0 Å². The third-order valence-electron chi connectivity index (χ3n) is 4.07. The molecule has 2 aliphatic heterocycles. The molecule has 0 spiro atoms. The Labute approximate surface area is 118 Å². The molecule has 4 heteroatoms. The fourth-order valence-electron chi connectivity index (χ4n) is 2.81. The van der Waals surface area contributed by atoms with Crippen molar-refractivity contribution in [2.75, 3.05) is 13.1 Å². The minimum Gasteiger partial charge on any atom is -0.350 e. The van der Waals surface area contributed by atoms with Gasteiger partial charge >= 0.3 is 0 Å². The summed E-state index contributed by atoms with van der Waals surface area (Å²) in [5, 5.41) is 6.66. The first kappa shape index (κ1) is 13.0. The van der Waals surface area contributed by atoms with Crippen molar-refractivity contribution >= 4 is 17.7 Å². The normalized spacial score (nSPS) is 24.8. The molecular weight excluding hydrogens is 256 g/mol. The van der Waals surface area contributed by atoms with Crippen LogP contribution in [-0.4, -0.2) is 29.8 Å². The van der Waals surface area contributed by atoms with Crippen molar-refractivity contribution in [1.82, 2.24) is 10.6 Å². The minimum atomic E-state index is -0.0301. The number of benzene rings is 1. The van der Waals surface area contributed by atoms with Gasteiger partial charge in [-0.15, -0.1) is 11.8 Å². The van der Waals surface area contributed by atoms with E-state index in [0.29, 0.717) is 0 Å². The van der Waals surface area contributed by atoms with Gasteiger partial charge in [0.2, 0.25) is 5.91 Å². The van der Waals surface area contributed by atoms with E-state index < -0.39 is 0 Å². The Bertz CT molecular complexity index is 458. The number of carbonyl (C=O) groups is 1. The highest BCUT2D eigenvalue weighted by molar-refractivity contribution is 8.01. The van der Waals surface area contributed by atoms with Gasteiger partial charge < -0.3 is 10.6 Å². The maximum Gasteiger partial charge on any atom is 0.234 e. The number of nitrogens with one attached hydrogen (secondary N) is 2. The molecule has 1 aromatic rings. The van der Waals surface area contributed by atoms with Crippen LogP contribution in [0, 0.1) is 0 Å². The monoisotopic (exact) mass is 276 g/mol. The first-order chi connectivity index (χ1) is 9.16. The van der Waals surface area contributed by atoms with E-state index in [1.807, 2.05) is 12.1 Å². The summed E-state index contributed by atoms with van der Waals surface area (Å²) in [4.78, 5) is 13.7. The first-order valence-electron chi connectivity index (χ1n) is 6.94. The van der Waals surface area contributed by atoms with Gasteiger partial charge in [0.15, 0.2) is 0 Å². The van der Waals surface area contributed by atoms with Gasteiger partial charge in [0.05, 0.1) is 5.25 Å². The van der Waals surface area contributed by atoms with E-state index in [2.05, 4.69) is 29.7 Å². The Hall–Kier alpha value is -1.00. The summed E-state index contributed by atoms with van der Waals surface area (Å²) in [6.07, 6.45) is 2.90. The van der Waals surface area contributed by atoms with E-state index in [-0.39, 0.29) is 16.7 Å². The van der Waals surface area contributed by atoms with Crippen LogP contribution in [0.3, 0.4) is 0 Å². The molecule has 1 atom stereocenters. The third kappa shape index (κ3) is 2.79. The zero-order chi connectivity index (χ0) is 13.3. The van der Waals surface area contributed by atoms with Crippen molar-refractivity contribution in [2.45, 2.75) is 41.9 Å². The van der Waals surface area contributed by atoms with Gasteiger partial charge in [0.25, 0.3) is 0 Å². The topological polar surface area (TPSA) is 41.1 Å². The Balaban J connectivity index is 1.63. The van der Waals surface area contributed by atoms with Crippen LogP contribution in [0.15, 0.2) is 29.2 Å². The molecule has 3 rings (SSSR count). The molecule has 19 heavy (non-hydrogen) atoms. The molecule has 2 heterocycles. The number of carbonyl (C=O) groups excluding carboxylic acids is 1. The number of hydrogen-bond donors (Lipinski definition) is 2. The highest BCUT2D eigenvalue weighted by Gasteiger charge is 2.34. The second-order valence-electron chi connectivity index (χ2n) is 5.72. The Morgan fingerprint density at radius 3 is 2.84 bits per heavy atom. The zero-order valence-electron chi connectivity index (χ0n) is 11.2. The van der Waals surface area contributed by atoms with Crippen LogP contribution in [-0.2, 0) is 11.2 Å². The largest absolute Gasteiger partial charge is 0.350 e. The molecule has 1 saturated heterocycles. The molecule has 0 radical (unpaired) electrons. The van der Waals surface area contributed by atoms with E-state index >= 15 is 0 Å². The molecule has 3 nitrogen and oxygen atoms in total. The molecule has 0 saturated carbocycles. The van der Waals surface area contributed by atoms with Gasteiger partial charge in [-0.1, -0.05) is 18.2 Å². The average Bonchev–Trinajstić information content (AvgIpc) is 2.83. The first-order valence-corrected chi connectivity index (χ1v) is 7.82. The van der Waals surface area contributed by atoms with Gasteiger partial charge in [-0.05, 0) is 50.9 Å². The summed E-state index contributed by atoms with van der Waals surface area (Å²) in [5.41, 5.74) is 1.28. The molecule has 1 amide bonds. The van der Waals surface area contributed by atoms with Crippen molar-refractivity contribution in [1.29, 1.82) is 0 Å². The van der Waals surface area contributed by atoms with E-state index in [0.717, 1.165) is 32.4 Å². The van der Waals surface area contributed by atoms with Crippen LogP contribution in [0.2, 0.25) is 0 Å². The maximum absolute atomic E-state index is 12.4. The number of thioether (sulfide) groups is 1. The second-order valence-corrected chi connectivity index (χ2v) is 6.96. The van der Waals surface area contributed by atoms with Crippen molar-refractivity contribution in [3.8, 4) is 0 Å². The van der Waals surface area contributed by atoms with E-state index in [1.54, 1.807) is 11.8 Å². The van der Waals surface area contributed by atoms with Gasteiger partial charge in [-0.3, -0.25) is 4.79 Å². The van der Waals surface area contributed by atoms with Crippen LogP contribution in [0.1, 0.15) is 25.3 Å². The van der Waals surface area contributed by atoms with Crippen molar-refractivity contribution in [3.05, 3.63) is 29.8 Å². The van der Waals surface area contributed by atoms with Crippen LogP contribution >= 0.6 is 11.8 Å². The molecule has 1 aromatic carbocycles. The molecule has 0 aromatic heterocycles. The lowest BCUT2D eigenvalue weighted by molar-refractivity contribution is -0.122. The summed E-state index contributed by atoms with van der Waals surface area (Å²) in [6, 6.07) is 8.33. The molecule has 102 valence electrons. The second kappa shape index (κ2) is 5.17. The summed E-state index contributed by atoms with van der Waals surface area (Å²) < 4.78 is 0. The molecular formula is C15H20N2OS. The predicted octanol–water partition coefficient (Wildman–Crippen LogP) is 1.96. The van der Waals surface area contributed by atoms with Crippen LogP contribution in [0.5, 0.6) is 0 Å². The van der Waals surface area contributed by atoms with Gasteiger partial charge in [-0.25, -0.2) is 0 Å². The fourth-order valence-corrected chi connectivity index (χ4v) is 4.01. The smallest absolute Gasteiger partial charge is 0.234 e. The summed E-state index contributed by atoms with van der Waals surface area (Å²) in [7, 11) is 0. The lowest BCUT2D eigenvalue weighted by atomic mass is 9.90. The van der Waals surface area contributed by atoms with Crippen LogP contribution < -0.4 is 10.6 Å². The maximum atomic E-state index is 12.4. The molecule has 0 aliphatic carbocycles.